The predicted octanol–water partition coefficient (Wildman–Crippen LogP) is 4.30. The summed E-state index contributed by atoms with van der Waals surface area (Å²) in [5.74, 6) is 0. The molecule has 0 spiro atoms. The second-order valence-electron chi connectivity index (χ2n) is 3.98. The number of thiocarbonyl (C=S) groups is 2. The molecular formula is C14H12N2S4. The maximum atomic E-state index is 5.37. The van der Waals surface area contributed by atoms with Crippen molar-refractivity contribution in [1.82, 2.24) is 9.97 Å². The van der Waals surface area contributed by atoms with E-state index in [1.54, 1.807) is 46.4 Å². The van der Waals surface area contributed by atoms with Crippen molar-refractivity contribution >= 4 is 54.4 Å². The van der Waals surface area contributed by atoms with Gasteiger partial charge in [0.25, 0.3) is 0 Å². The largest absolute Gasteiger partial charge is 0.265 e. The van der Waals surface area contributed by atoms with Crippen LogP contribution in [-0.2, 0) is 12.8 Å². The molecule has 0 fully saturated rings. The lowest BCUT2D eigenvalue weighted by Gasteiger charge is -2.04. The van der Waals surface area contributed by atoms with Gasteiger partial charge in [0.15, 0.2) is 0 Å². The second kappa shape index (κ2) is 8.46. The van der Waals surface area contributed by atoms with E-state index in [2.05, 4.69) is 9.97 Å². The highest BCUT2D eigenvalue weighted by Gasteiger charge is 2.05. The normalized spacial score (nSPS) is 10.2. The molecule has 0 radical (unpaired) electrons. The smallest absolute Gasteiger partial charge is 0.0634 e. The highest BCUT2D eigenvalue weighted by atomic mass is 33.1. The van der Waals surface area contributed by atoms with Crippen LogP contribution in [-0.4, -0.2) is 18.4 Å². The summed E-state index contributed by atoms with van der Waals surface area (Å²) in [7, 11) is 3.14. The lowest BCUT2D eigenvalue weighted by Crippen LogP contribution is -1.97. The lowest BCUT2D eigenvalue weighted by molar-refractivity contribution is 1.26. The Morgan fingerprint density at radius 2 is 1.10 bits per heavy atom. The summed E-state index contributed by atoms with van der Waals surface area (Å²) in [6.07, 6.45) is 8.67. The van der Waals surface area contributed by atoms with Crippen LogP contribution >= 0.6 is 46.0 Å². The molecule has 0 aliphatic heterocycles. The van der Waals surface area contributed by atoms with Crippen LogP contribution in [0, 0.1) is 0 Å². The van der Waals surface area contributed by atoms with Crippen LogP contribution in [0.15, 0.2) is 49.1 Å². The van der Waals surface area contributed by atoms with Crippen molar-refractivity contribution in [3.8, 4) is 0 Å². The highest BCUT2D eigenvalue weighted by molar-refractivity contribution is 8.89. The van der Waals surface area contributed by atoms with E-state index in [0.717, 1.165) is 21.2 Å². The molecule has 2 aromatic rings. The molecule has 0 bridgehead atoms. The van der Waals surface area contributed by atoms with Crippen molar-refractivity contribution < 1.29 is 0 Å². The van der Waals surface area contributed by atoms with Gasteiger partial charge in [-0.05, 0) is 57.0 Å². The van der Waals surface area contributed by atoms with Crippen LogP contribution in [0.1, 0.15) is 11.1 Å². The number of hydrogen-bond donors (Lipinski definition) is 0. The van der Waals surface area contributed by atoms with E-state index < -0.39 is 0 Å². The molecule has 102 valence electrons. The molecule has 20 heavy (non-hydrogen) atoms. The molecule has 0 amide bonds. The molecule has 0 saturated carbocycles. The molecule has 0 aliphatic carbocycles. The minimum atomic E-state index is 0.771. The van der Waals surface area contributed by atoms with Crippen molar-refractivity contribution in [2.75, 3.05) is 0 Å². The SMILES string of the molecule is S=C(Cc1ccncc1)SSC(=S)Cc1ccncc1. The van der Waals surface area contributed by atoms with E-state index >= 15 is 0 Å². The van der Waals surface area contributed by atoms with Gasteiger partial charge in [0, 0.05) is 37.6 Å². The monoisotopic (exact) mass is 336 g/mol. The average Bonchev–Trinajstić information content (AvgIpc) is 2.47. The van der Waals surface area contributed by atoms with E-state index in [4.69, 9.17) is 24.4 Å². The zero-order chi connectivity index (χ0) is 14.2. The lowest BCUT2D eigenvalue weighted by atomic mass is 10.2. The molecule has 0 aromatic carbocycles. The van der Waals surface area contributed by atoms with Gasteiger partial charge in [-0.25, -0.2) is 0 Å². The molecule has 0 saturated heterocycles. The molecule has 0 aliphatic rings. The standard InChI is InChI=1S/C14H12N2S4/c17-13(9-11-1-5-15-6-2-11)19-20-14(18)10-12-3-7-16-8-4-12/h1-8H,9-10H2. The topological polar surface area (TPSA) is 25.8 Å². The zero-order valence-corrected chi connectivity index (χ0v) is 13.8. The first-order chi connectivity index (χ1) is 9.74. The van der Waals surface area contributed by atoms with Crippen LogP contribution in [0.3, 0.4) is 0 Å². The molecule has 6 heteroatoms. The van der Waals surface area contributed by atoms with Crippen molar-refractivity contribution in [1.29, 1.82) is 0 Å². The molecule has 0 N–H and O–H groups in total. The molecule has 0 unspecified atom stereocenters. The minimum absolute atomic E-state index is 0.771. The predicted molar refractivity (Wildman–Crippen MR) is 96.3 cm³/mol. The molecule has 2 nitrogen and oxygen atoms in total. The van der Waals surface area contributed by atoms with Gasteiger partial charge in [0.05, 0.1) is 8.39 Å². The number of pyridine rings is 2. The Bertz CT molecular complexity index is 519. The third-order valence-electron chi connectivity index (χ3n) is 2.42. The third-order valence-corrected chi connectivity index (χ3v) is 6.05. The minimum Gasteiger partial charge on any atom is -0.265 e. The summed E-state index contributed by atoms with van der Waals surface area (Å²) in [6.45, 7) is 0. The van der Waals surface area contributed by atoms with Crippen molar-refractivity contribution in [3.05, 3.63) is 60.2 Å². The zero-order valence-electron chi connectivity index (χ0n) is 10.6. The molecule has 2 rings (SSSR count). The van der Waals surface area contributed by atoms with Gasteiger partial charge in [-0.1, -0.05) is 24.4 Å². The quantitative estimate of drug-likeness (QED) is 0.610. The highest BCUT2D eigenvalue weighted by Crippen LogP contribution is 2.28. The average molecular weight is 337 g/mol. The summed E-state index contributed by atoms with van der Waals surface area (Å²) < 4.78 is 1.86. The van der Waals surface area contributed by atoms with Gasteiger partial charge in [-0.3, -0.25) is 9.97 Å². The van der Waals surface area contributed by atoms with Gasteiger partial charge in [0.1, 0.15) is 0 Å². The molecule has 2 aromatic heterocycles. The van der Waals surface area contributed by atoms with Crippen LogP contribution in [0.4, 0.5) is 0 Å². The van der Waals surface area contributed by atoms with Crippen molar-refractivity contribution in [2.24, 2.45) is 0 Å². The number of nitrogens with zero attached hydrogens (tertiary/aromatic N) is 2. The third kappa shape index (κ3) is 5.66. The van der Waals surface area contributed by atoms with Gasteiger partial charge in [0.2, 0.25) is 0 Å². The molecule has 0 atom stereocenters. The van der Waals surface area contributed by atoms with Crippen molar-refractivity contribution in [2.45, 2.75) is 12.8 Å². The molecule has 2 heterocycles. The Balaban J connectivity index is 1.75. The van der Waals surface area contributed by atoms with Gasteiger partial charge < -0.3 is 0 Å². The number of hydrogen-bond acceptors (Lipinski definition) is 6. The van der Waals surface area contributed by atoms with Crippen LogP contribution in [0.2, 0.25) is 0 Å². The first-order valence-electron chi connectivity index (χ1n) is 5.92. The fourth-order valence-electron chi connectivity index (χ4n) is 1.49. The summed E-state index contributed by atoms with van der Waals surface area (Å²) >= 11 is 10.7. The first-order valence-corrected chi connectivity index (χ1v) is 8.88. The number of aromatic nitrogens is 2. The summed E-state index contributed by atoms with van der Waals surface area (Å²) in [5.41, 5.74) is 2.36. The maximum Gasteiger partial charge on any atom is 0.0634 e. The van der Waals surface area contributed by atoms with E-state index in [9.17, 15) is 0 Å². The van der Waals surface area contributed by atoms with Crippen LogP contribution in [0.5, 0.6) is 0 Å². The Labute approximate surface area is 137 Å². The van der Waals surface area contributed by atoms with E-state index in [1.807, 2.05) is 24.3 Å². The van der Waals surface area contributed by atoms with Crippen LogP contribution < -0.4 is 0 Å². The summed E-state index contributed by atoms with van der Waals surface area (Å²) in [6, 6.07) is 7.92. The van der Waals surface area contributed by atoms with Crippen LogP contribution in [0.25, 0.3) is 0 Å². The van der Waals surface area contributed by atoms with Gasteiger partial charge >= 0.3 is 0 Å². The Morgan fingerprint density at radius 3 is 1.45 bits per heavy atom. The fourth-order valence-corrected chi connectivity index (χ4v) is 3.98. The van der Waals surface area contributed by atoms with Gasteiger partial charge in [-0.2, -0.15) is 0 Å². The Kier molecular flexibility index (Phi) is 6.59. The second-order valence-corrected chi connectivity index (χ2v) is 7.80. The van der Waals surface area contributed by atoms with E-state index in [-0.39, 0.29) is 0 Å². The van der Waals surface area contributed by atoms with E-state index in [0.29, 0.717) is 0 Å². The van der Waals surface area contributed by atoms with E-state index in [1.165, 1.54) is 11.1 Å². The van der Waals surface area contributed by atoms with Crippen molar-refractivity contribution in [3.63, 3.8) is 0 Å². The molecular weight excluding hydrogens is 324 g/mol. The Morgan fingerprint density at radius 1 is 0.750 bits per heavy atom. The Hall–Kier alpha value is -0.820. The first kappa shape index (κ1) is 15.6. The number of rotatable bonds is 4. The fraction of sp³-hybridized carbons (Fsp3) is 0.143. The summed E-state index contributed by atoms with van der Waals surface area (Å²) in [4.78, 5) is 7.99. The maximum absolute atomic E-state index is 5.37. The van der Waals surface area contributed by atoms with Gasteiger partial charge in [-0.15, -0.1) is 0 Å². The summed E-state index contributed by atoms with van der Waals surface area (Å²) in [5, 5.41) is 0.